The van der Waals surface area contributed by atoms with Crippen LogP contribution in [0.3, 0.4) is 0 Å². The maximum Gasteiger partial charge on any atom is 0.285 e. The lowest BCUT2D eigenvalue weighted by molar-refractivity contribution is -0.119. The number of aliphatic imine (C=N–C) groups is 1. The molecule has 0 bridgehead atoms. The molecule has 2 heterocycles. The third-order valence-corrected chi connectivity index (χ3v) is 8.76. The minimum atomic E-state index is -3.11. The number of hydrogen-bond acceptors (Lipinski definition) is 5. The first-order chi connectivity index (χ1) is 14.2. The van der Waals surface area contributed by atoms with E-state index in [2.05, 4.69) is 20.9 Å². The van der Waals surface area contributed by atoms with Gasteiger partial charge in [-0.25, -0.2) is 8.42 Å². The Hall–Kier alpha value is -1.84. The highest BCUT2D eigenvalue weighted by Crippen LogP contribution is 2.43. The maximum atomic E-state index is 12.5. The number of fused-ring (bicyclic) bond motifs is 1. The van der Waals surface area contributed by atoms with Crippen molar-refractivity contribution in [3.8, 4) is 5.75 Å². The molecule has 2 atom stereocenters. The summed E-state index contributed by atoms with van der Waals surface area (Å²) in [6.45, 7) is 3.78. The second kappa shape index (κ2) is 8.36. The summed E-state index contributed by atoms with van der Waals surface area (Å²) in [5, 5.41) is 0.397. The van der Waals surface area contributed by atoms with Crippen molar-refractivity contribution in [3.63, 3.8) is 0 Å². The van der Waals surface area contributed by atoms with E-state index in [0.29, 0.717) is 10.9 Å². The van der Waals surface area contributed by atoms with Crippen molar-refractivity contribution in [1.29, 1.82) is 0 Å². The van der Waals surface area contributed by atoms with E-state index >= 15 is 0 Å². The molecule has 0 N–H and O–H groups in total. The van der Waals surface area contributed by atoms with Crippen molar-refractivity contribution < 1.29 is 17.9 Å². The Morgan fingerprint density at radius 3 is 2.53 bits per heavy atom. The number of aryl methyl sites for hydroxylation is 2. The molecule has 4 rings (SSSR count). The van der Waals surface area contributed by atoms with Crippen LogP contribution in [0.4, 0.5) is 5.69 Å². The number of halogens is 1. The van der Waals surface area contributed by atoms with E-state index in [1.807, 2.05) is 49.1 Å². The Kier molecular flexibility index (Phi) is 5.96. The van der Waals surface area contributed by atoms with Gasteiger partial charge in [-0.05, 0) is 49.2 Å². The summed E-state index contributed by atoms with van der Waals surface area (Å²) in [4.78, 5) is 18.8. The molecule has 0 aliphatic carbocycles. The summed E-state index contributed by atoms with van der Waals surface area (Å²) < 4.78 is 31.0. The molecule has 2 aliphatic heterocycles. The van der Waals surface area contributed by atoms with E-state index in [4.69, 9.17) is 4.74 Å². The summed E-state index contributed by atoms with van der Waals surface area (Å²) in [6.07, 6.45) is 0. The molecule has 2 aromatic rings. The molecule has 0 unspecified atom stereocenters. The van der Waals surface area contributed by atoms with E-state index in [9.17, 15) is 13.2 Å². The van der Waals surface area contributed by atoms with Crippen molar-refractivity contribution >= 4 is 54.3 Å². The van der Waals surface area contributed by atoms with E-state index in [1.165, 1.54) is 11.8 Å². The molecule has 2 aliphatic rings. The summed E-state index contributed by atoms with van der Waals surface area (Å²) in [5.41, 5.74) is 2.90. The van der Waals surface area contributed by atoms with Gasteiger partial charge in [0.15, 0.2) is 21.6 Å². The third kappa shape index (κ3) is 4.43. The van der Waals surface area contributed by atoms with Gasteiger partial charge in [-0.1, -0.05) is 45.9 Å². The Morgan fingerprint density at radius 2 is 1.87 bits per heavy atom. The number of carbonyl (C=O) groups excluding carboxylic acids is 1. The first kappa shape index (κ1) is 21.4. The number of rotatable bonds is 4. The van der Waals surface area contributed by atoms with Crippen LogP contribution >= 0.6 is 27.7 Å². The number of anilines is 1. The number of ether oxygens (including phenoxy) is 1. The lowest BCUT2D eigenvalue weighted by Gasteiger charge is -2.28. The molecule has 1 amide bonds. The minimum Gasteiger partial charge on any atom is -0.484 e. The summed E-state index contributed by atoms with van der Waals surface area (Å²) in [5.74, 6) is 0.361. The fourth-order valence-electron chi connectivity index (χ4n) is 3.91. The summed E-state index contributed by atoms with van der Waals surface area (Å²) in [6, 6.07) is 12.8. The molecule has 0 aromatic heterocycles. The van der Waals surface area contributed by atoms with Gasteiger partial charge in [0.1, 0.15) is 5.75 Å². The highest BCUT2D eigenvalue weighted by molar-refractivity contribution is 9.10. The smallest absolute Gasteiger partial charge is 0.285 e. The first-order valence-electron chi connectivity index (χ1n) is 9.46. The van der Waals surface area contributed by atoms with Crippen LogP contribution in [-0.2, 0) is 14.6 Å². The van der Waals surface area contributed by atoms with Gasteiger partial charge in [0, 0.05) is 15.4 Å². The van der Waals surface area contributed by atoms with E-state index in [1.54, 1.807) is 12.1 Å². The molecule has 2 saturated heterocycles. The van der Waals surface area contributed by atoms with Crippen molar-refractivity contribution in [3.05, 3.63) is 58.1 Å². The fourth-order valence-corrected chi connectivity index (χ4v) is 8.51. The predicted octanol–water partition coefficient (Wildman–Crippen LogP) is 3.75. The molecule has 2 fully saturated rings. The Morgan fingerprint density at radius 1 is 1.20 bits per heavy atom. The zero-order valence-electron chi connectivity index (χ0n) is 16.5. The zero-order chi connectivity index (χ0) is 21.5. The standard InChI is InChI=1S/C21H21BrN2O4S2/c1-13-8-15(22)9-14(2)20(13)24-17-11-30(26,27)12-18(17)29-21(24)23-19(25)10-28-16-6-4-3-5-7-16/h3-9,17-18H,10-12H2,1-2H3/t17-,18-/m0/s1. The highest BCUT2D eigenvalue weighted by Gasteiger charge is 2.50. The average molecular weight is 509 g/mol. The molecule has 0 radical (unpaired) electrons. The fraction of sp³-hybridized carbons (Fsp3) is 0.333. The molecule has 30 heavy (non-hydrogen) atoms. The van der Waals surface area contributed by atoms with Crippen molar-refractivity contribution in [2.24, 2.45) is 4.99 Å². The summed E-state index contributed by atoms with van der Waals surface area (Å²) >= 11 is 4.87. The number of carbonyl (C=O) groups is 1. The Labute approximate surface area is 188 Å². The molecular weight excluding hydrogens is 488 g/mol. The number of hydrogen-bond donors (Lipinski definition) is 0. The number of amides is 1. The third-order valence-electron chi connectivity index (χ3n) is 5.09. The normalized spacial score (nSPS) is 23.6. The molecule has 0 saturated carbocycles. The Bertz CT molecular complexity index is 1100. The molecule has 0 spiro atoms. The number of nitrogens with zero attached hydrogens (tertiary/aromatic N) is 2. The van der Waals surface area contributed by atoms with Gasteiger partial charge in [0.2, 0.25) is 0 Å². The van der Waals surface area contributed by atoms with Crippen LogP contribution in [0.15, 0.2) is 51.9 Å². The molecule has 6 nitrogen and oxygen atoms in total. The van der Waals surface area contributed by atoms with Crippen LogP contribution in [0.5, 0.6) is 5.75 Å². The van der Waals surface area contributed by atoms with Crippen LogP contribution in [0.1, 0.15) is 11.1 Å². The largest absolute Gasteiger partial charge is 0.484 e. The van der Waals surface area contributed by atoms with Gasteiger partial charge in [0.25, 0.3) is 5.91 Å². The van der Waals surface area contributed by atoms with Crippen molar-refractivity contribution in [2.75, 3.05) is 23.0 Å². The molecule has 2 aromatic carbocycles. The van der Waals surface area contributed by atoms with Crippen LogP contribution in [0, 0.1) is 13.8 Å². The number of para-hydroxylation sites is 1. The number of benzene rings is 2. The van der Waals surface area contributed by atoms with Gasteiger partial charge in [-0.2, -0.15) is 4.99 Å². The zero-order valence-corrected chi connectivity index (χ0v) is 19.8. The van der Waals surface area contributed by atoms with E-state index < -0.39 is 15.7 Å². The SMILES string of the molecule is Cc1cc(Br)cc(C)c1N1C(=NC(=O)COc2ccccc2)S[C@H]2CS(=O)(=O)C[C@@H]21. The second-order valence-corrected chi connectivity index (χ2v) is 11.7. The molecule has 158 valence electrons. The van der Waals surface area contributed by atoms with Gasteiger partial charge in [0.05, 0.1) is 17.5 Å². The summed E-state index contributed by atoms with van der Waals surface area (Å²) in [7, 11) is -3.11. The first-order valence-corrected chi connectivity index (χ1v) is 13.0. The topological polar surface area (TPSA) is 76.0 Å². The molecular formula is C21H21BrN2O4S2. The highest BCUT2D eigenvalue weighted by atomic mass is 79.9. The van der Waals surface area contributed by atoms with Gasteiger partial charge in [-0.15, -0.1) is 0 Å². The number of thioether (sulfide) groups is 1. The van der Waals surface area contributed by atoms with E-state index in [0.717, 1.165) is 21.3 Å². The van der Waals surface area contributed by atoms with Crippen LogP contribution < -0.4 is 9.64 Å². The lowest BCUT2D eigenvalue weighted by atomic mass is 10.1. The van der Waals surface area contributed by atoms with Gasteiger partial charge >= 0.3 is 0 Å². The van der Waals surface area contributed by atoms with Gasteiger partial charge < -0.3 is 9.64 Å². The quantitative estimate of drug-likeness (QED) is 0.625. The van der Waals surface area contributed by atoms with Crippen LogP contribution in [-0.4, -0.2) is 48.9 Å². The monoisotopic (exact) mass is 508 g/mol. The average Bonchev–Trinajstić information content (AvgIpc) is 3.12. The van der Waals surface area contributed by atoms with Crippen LogP contribution in [0.25, 0.3) is 0 Å². The minimum absolute atomic E-state index is 0.0628. The predicted molar refractivity (Wildman–Crippen MR) is 124 cm³/mol. The molecule has 9 heteroatoms. The van der Waals surface area contributed by atoms with Crippen LogP contribution in [0.2, 0.25) is 0 Å². The maximum absolute atomic E-state index is 12.5. The van der Waals surface area contributed by atoms with Crippen molar-refractivity contribution in [1.82, 2.24) is 0 Å². The van der Waals surface area contributed by atoms with Crippen molar-refractivity contribution in [2.45, 2.75) is 25.1 Å². The number of sulfone groups is 1. The van der Waals surface area contributed by atoms with E-state index in [-0.39, 0.29) is 29.4 Å². The van der Waals surface area contributed by atoms with Gasteiger partial charge in [-0.3, -0.25) is 4.79 Å². The number of amidine groups is 1. The lowest BCUT2D eigenvalue weighted by Crippen LogP contribution is -2.38. The second-order valence-electron chi connectivity index (χ2n) is 7.45. The Balaban J connectivity index is 1.65.